The molecule has 0 radical (unpaired) electrons. The Kier molecular flexibility index (Phi) is 7.79. The van der Waals surface area contributed by atoms with E-state index in [0.29, 0.717) is 0 Å². The van der Waals surface area contributed by atoms with Crippen LogP contribution in [0.3, 0.4) is 0 Å². The molecule has 16 rings (SSSR count). The van der Waals surface area contributed by atoms with E-state index in [2.05, 4.69) is 246 Å². The summed E-state index contributed by atoms with van der Waals surface area (Å²) in [7, 11) is 0. The monoisotopic (exact) mass is 904 g/mol. The third-order valence-corrected chi connectivity index (χ3v) is 15.6. The highest BCUT2D eigenvalue weighted by molar-refractivity contribution is 6.24. The minimum Gasteiger partial charge on any atom is -0.456 e. The fraction of sp³-hybridized carbons (Fsp3) is 0.0149. The zero-order valence-electron chi connectivity index (χ0n) is 38.3. The Morgan fingerprint density at radius 2 is 0.873 bits per heavy atom. The van der Waals surface area contributed by atoms with Crippen molar-refractivity contribution in [1.29, 1.82) is 0 Å². The van der Waals surface area contributed by atoms with Crippen molar-refractivity contribution in [3.63, 3.8) is 0 Å². The van der Waals surface area contributed by atoms with Crippen LogP contribution in [0.15, 0.2) is 251 Å². The summed E-state index contributed by atoms with van der Waals surface area (Å²) in [6.07, 6.45) is 0. The molecule has 71 heavy (non-hydrogen) atoms. The smallest absolute Gasteiger partial charge is 0.160 e. The summed E-state index contributed by atoms with van der Waals surface area (Å²) >= 11 is 0. The number of hydrogen-bond acceptors (Lipinski definition) is 3. The van der Waals surface area contributed by atoms with Gasteiger partial charge in [0.05, 0.1) is 33.2 Å². The van der Waals surface area contributed by atoms with Gasteiger partial charge in [-0.2, -0.15) is 0 Å². The third-order valence-electron chi connectivity index (χ3n) is 15.6. The number of benzene rings is 11. The molecule has 1 spiro atoms. The number of furan rings is 2. The molecule has 0 aliphatic heterocycles. The maximum Gasteiger partial charge on any atom is 0.160 e. The SMILES string of the molecule is c1ccc(-c2ccccc2N(c2ccc3c(c2)C2(c4ccccc4-c4ccccc42)c2ccccc2-3)c2cccc3c2oc2c(-n4c5ccccc5c5ccccc54)c4c(cc23)oc2ccccc24)cc1. The Bertz CT molecular complexity index is 4430. The molecule has 330 valence electrons. The Morgan fingerprint density at radius 3 is 1.56 bits per heavy atom. The molecule has 0 N–H and O–H groups in total. The molecule has 4 heteroatoms. The predicted octanol–water partition coefficient (Wildman–Crippen LogP) is 18.1. The third kappa shape index (κ3) is 5.07. The van der Waals surface area contributed by atoms with Gasteiger partial charge in [-0.1, -0.05) is 194 Å². The van der Waals surface area contributed by atoms with E-state index >= 15 is 0 Å². The molecule has 4 nitrogen and oxygen atoms in total. The van der Waals surface area contributed by atoms with Crippen LogP contribution in [0.1, 0.15) is 22.3 Å². The van der Waals surface area contributed by atoms with E-state index < -0.39 is 5.41 Å². The summed E-state index contributed by atoms with van der Waals surface area (Å²) in [6, 6.07) is 88.3. The molecule has 3 heterocycles. The summed E-state index contributed by atoms with van der Waals surface area (Å²) in [4.78, 5) is 2.44. The number of para-hydroxylation sites is 5. The van der Waals surface area contributed by atoms with Crippen molar-refractivity contribution >= 4 is 82.7 Å². The van der Waals surface area contributed by atoms with E-state index in [1.165, 1.54) is 55.3 Å². The second-order valence-electron chi connectivity index (χ2n) is 19.0. The molecule has 11 aromatic carbocycles. The van der Waals surface area contributed by atoms with E-state index in [9.17, 15) is 0 Å². The van der Waals surface area contributed by atoms with Gasteiger partial charge in [-0.05, 0) is 98.6 Å². The second kappa shape index (κ2) is 14.3. The van der Waals surface area contributed by atoms with E-state index in [1.807, 2.05) is 6.07 Å². The number of anilines is 3. The van der Waals surface area contributed by atoms with Gasteiger partial charge in [0, 0.05) is 38.2 Å². The molecule has 0 unspecified atom stereocenters. The lowest BCUT2D eigenvalue weighted by atomic mass is 9.70. The molecule has 0 saturated carbocycles. The van der Waals surface area contributed by atoms with Crippen LogP contribution in [-0.2, 0) is 5.41 Å². The fourth-order valence-electron chi connectivity index (χ4n) is 12.8. The summed E-state index contributed by atoms with van der Waals surface area (Å²) in [5.74, 6) is 0. The first-order valence-corrected chi connectivity index (χ1v) is 24.4. The largest absolute Gasteiger partial charge is 0.456 e. The first-order chi connectivity index (χ1) is 35.3. The Hall–Kier alpha value is -9.38. The van der Waals surface area contributed by atoms with Gasteiger partial charge < -0.3 is 18.3 Å². The average Bonchev–Trinajstić information content (AvgIpc) is 4.24. The van der Waals surface area contributed by atoms with E-state index in [4.69, 9.17) is 8.83 Å². The quantitative estimate of drug-likeness (QED) is 0.173. The maximum atomic E-state index is 7.66. The first-order valence-electron chi connectivity index (χ1n) is 24.4. The standard InChI is InChI=1S/C67H40N2O2/c1-2-19-41(20-3-1)43-21-7-14-32-57(43)68(42-37-38-47-46-24-6-13-31-55(46)67(56(47)39-42)53-29-11-4-22-44(53)45-23-5-12-30-54(45)67)60-35-18-28-50-52-40-62-63(51-27-10-17-36-61(51)70-62)64(66(52)71-65(50)60)69-58-33-15-8-25-48(58)49-26-9-16-34-59(49)69/h1-40H. The van der Waals surface area contributed by atoms with E-state index in [0.717, 1.165) is 88.8 Å². The Labute approximate surface area is 408 Å². The Morgan fingerprint density at radius 1 is 0.338 bits per heavy atom. The molecular formula is C67H40N2O2. The van der Waals surface area contributed by atoms with Gasteiger partial charge >= 0.3 is 0 Å². The van der Waals surface area contributed by atoms with Crippen molar-refractivity contribution in [1.82, 2.24) is 4.57 Å². The van der Waals surface area contributed by atoms with Crippen LogP contribution < -0.4 is 4.90 Å². The van der Waals surface area contributed by atoms with Gasteiger partial charge in [0.2, 0.25) is 0 Å². The van der Waals surface area contributed by atoms with Gasteiger partial charge in [0.1, 0.15) is 16.9 Å². The van der Waals surface area contributed by atoms with Crippen LogP contribution in [0, 0.1) is 0 Å². The molecule has 0 bridgehead atoms. The first kappa shape index (κ1) is 38.6. The van der Waals surface area contributed by atoms with Crippen molar-refractivity contribution < 1.29 is 8.83 Å². The molecule has 3 aromatic heterocycles. The topological polar surface area (TPSA) is 34.5 Å². The number of nitrogens with zero attached hydrogens (tertiary/aromatic N) is 2. The minimum atomic E-state index is -0.515. The molecule has 0 fully saturated rings. The summed E-state index contributed by atoms with van der Waals surface area (Å²) in [5.41, 5.74) is 21.5. The Balaban J connectivity index is 1.02. The molecule has 0 saturated heterocycles. The fourth-order valence-corrected chi connectivity index (χ4v) is 12.8. The second-order valence-corrected chi connectivity index (χ2v) is 19.0. The lowest BCUT2D eigenvalue weighted by Crippen LogP contribution is -2.26. The van der Waals surface area contributed by atoms with Gasteiger partial charge in [-0.15, -0.1) is 0 Å². The lowest BCUT2D eigenvalue weighted by molar-refractivity contribution is 0.662. The van der Waals surface area contributed by atoms with Crippen LogP contribution in [0.25, 0.3) is 105 Å². The van der Waals surface area contributed by atoms with Gasteiger partial charge in [0.25, 0.3) is 0 Å². The van der Waals surface area contributed by atoms with Crippen molar-refractivity contribution in [3.05, 3.63) is 265 Å². The van der Waals surface area contributed by atoms with Crippen LogP contribution in [0.4, 0.5) is 17.1 Å². The van der Waals surface area contributed by atoms with Gasteiger partial charge in [-0.25, -0.2) is 0 Å². The molecule has 14 aromatic rings. The summed E-state index contributed by atoms with van der Waals surface area (Å²) < 4.78 is 16.9. The van der Waals surface area contributed by atoms with E-state index in [1.54, 1.807) is 0 Å². The average molecular weight is 905 g/mol. The lowest BCUT2D eigenvalue weighted by Gasteiger charge is -2.32. The highest BCUT2D eigenvalue weighted by Crippen LogP contribution is 2.63. The molecule has 2 aliphatic carbocycles. The molecular weight excluding hydrogens is 865 g/mol. The van der Waals surface area contributed by atoms with Crippen LogP contribution in [-0.4, -0.2) is 4.57 Å². The predicted molar refractivity (Wildman–Crippen MR) is 292 cm³/mol. The summed E-state index contributed by atoms with van der Waals surface area (Å²) in [6.45, 7) is 0. The van der Waals surface area contributed by atoms with Crippen LogP contribution >= 0.6 is 0 Å². The molecule has 2 aliphatic rings. The zero-order valence-corrected chi connectivity index (χ0v) is 38.3. The van der Waals surface area contributed by atoms with Crippen LogP contribution in [0.5, 0.6) is 0 Å². The number of fused-ring (bicyclic) bond motifs is 19. The van der Waals surface area contributed by atoms with Gasteiger partial charge in [0.15, 0.2) is 11.2 Å². The number of hydrogen-bond donors (Lipinski definition) is 0. The number of rotatable bonds is 5. The molecule has 0 atom stereocenters. The molecule has 0 amide bonds. The maximum absolute atomic E-state index is 7.66. The number of aromatic nitrogens is 1. The van der Waals surface area contributed by atoms with Crippen molar-refractivity contribution in [2.45, 2.75) is 5.41 Å². The normalized spacial score (nSPS) is 13.2. The van der Waals surface area contributed by atoms with Crippen molar-refractivity contribution in [2.75, 3.05) is 4.90 Å². The van der Waals surface area contributed by atoms with Crippen molar-refractivity contribution in [3.8, 4) is 39.1 Å². The zero-order chi connectivity index (χ0) is 46.4. The van der Waals surface area contributed by atoms with Crippen LogP contribution in [0.2, 0.25) is 0 Å². The highest BCUT2D eigenvalue weighted by atomic mass is 16.3. The van der Waals surface area contributed by atoms with Crippen molar-refractivity contribution in [2.24, 2.45) is 0 Å². The van der Waals surface area contributed by atoms with E-state index in [-0.39, 0.29) is 0 Å². The highest BCUT2D eigenvalue weighted by Gasteiger charge is 2.51. The van der Waals surface area contributed by atoms with Gasteiger partial charge in [-0.3, -0.25) is 0 Å². The minimum absolute atomic E-state index is 0.515. The summed E-state index contributed by atoms with van der Waals surface area (Å²) in [5, 5.41) is 6.43.